The minimum atomic E-state index is 0.503. The fourth-order valence-corrected chi connectivity index (χ4v) is 2.38. The van der Waals surface area contributed by atoms with Crippen LogP contribution in [0.3, 0.4) is 0 Å². The molecular weight excluding hydrogens is 212 g/mol. The second kappa shape index (κ2) is 5.19. The van der Waals surface area contributed by atoms with Crippen LogP contribution in [-0.2, 0) is 6.54 Å². The summed E-state index contributed by atoms with van der Waals surface area (Å²) in [6.45, 7) is 12.1. The van der Waals surface area contributed by atoms with Crippen molar-refractivity contribution in [2.75, 3.05) is 33.2 Å². The Hall–Kier alpha value is -0.870. The maximum Gasteiger partial charge on any atom is 0.106 e. The van der Waals surface area contributed by atoms with Gasteiger partial charge in [-0.25, -0.2) is 4.98 Å². The molecule has 0 bridgehead atoms. The Kier molecular flexibility index (Phi) is 3.84. The molecule has 1 aliphatic rings. The van der Waals surface area contributed by atoms with Gasteiger partial charge in [0.15, 0.2) is 0 Å². The van der Waals surface area contributed by atoms with Gasteiger partial charge in [0, 0.05) is 45.0 Å². The predicted molar refractivity (Wildman–Crippen MR) is 70.1 cm³/mol. The summed E-state index contributed by atoms with van der Waals surface area (Å²) in [5.74, 6) is 1.13. The first-order valence-electron chi connectivity index (χ1n) is 6.51. The highest BCUT2D eigenvalue weighted by Crippen LogP contribution is 2.12. The molecule has 1 saturated heterocycles. The summed E-state index contributed by atoms with van der Waals surface area (Å²) >= 11 is 0. The van der Waals surface area contributed by atoms with Gasteiger partial charge in [0.2, 0.25) is 0 Å². The van der Waals surface area contributed by atoms with Gasteiger partial charge >= 0.3 is 0 Å². The molecule has 0 saturated carbocycles. The third-order valence-electron chi connectivity index (χ3n) is 3.51. The number of hydrogen-bond acceptors (Lipinski definition) is 3. The van der Waals surface area contributed by atoms with E-state index in [4.69, 9.17) is 0 Å². The summed E-state index contributed by atoms with van der Waals surface area (Å²) in [5.41, 5.74) is 1.21. The second-order valence-corrected chi connectivity index (χ2v) is 5.36. The summed E-state index contributed by atoms with van der Waals surface area (Å²) in [6.07, 6.45) is 2.21. The Morgan fingerprint density at radius 1 is 1.24 bits per heavy atom. The Morgan fingerprint density at radius 3 is 2.41 bits per heavy atom. The van der Waals surface area contributed by atoms with E-state index in [1.807, 2.05) is 0 Å². The third-order valence-corrected chi connectivity index (χ3v) is 3.51. The SMILES string of the molecule is Cc1nc(CN2CCN(C)CC2)cn1C(C)C. The molecule has 0 radical (unpaired) electrons. The van der Waals surface area contributed by atoms with E-state index in [0.717, 1.165) is 25.5 Å². The molecule has 4 heteroatoms. The summed E-state index contributed by atoms with van der Waals surface area (Å²) in [7, 11) is 2.19. The Bertz CT molecular complexity index is 361. The molecular formula is C13H24N4. The molecule has 0 aliphatic carbocycles. The standard InChI is InChI=1S/C13H24N4/c1-11(2)17-10-13(14-12(17)3)9-16-7-5-15(4)6-8-16/h10-11H,5-9H2,1-4H3. The molecule has 0 atom stereocenters. The average Bonchev–Trinajstić information content (AvgIpc) is 2.63. The molecule has 0 N–H and O–H groups in total. The van der Waals surface area contributed by atoms with Crippen molar-refractivity contribution in [1.82, 2.24) is 19.4 Å². The lowest BCUT2D eigenvalue weighted by Crippen LogP contribution is -2.43. The van der Waals surface area contributed by atoms with Gasteiger partial charge < -0.3 is 9.47 Å². The van der Waals surface area contributed by atoms with Crippen molar-refractivity contribution in [2.24, 2.45) is 0 Å². The maximum atomic E-state index is 4.65. The van der Waals surface area contributed by atoms with Gasteiger partial charge in [0.1, 0.15) is 5.82 Å². The van der Waals surface area contributed by atoms with Crippen molar-refractivity contribution in [1.29, 1.82) is 0 Å². The van der Waals surface area contributed by atoms with Crippen LogP contribution in [0.5, 0.6) is 0 Å². The van der Waals surface area contributed by atoms with Crippen LogP contribution in [0.4, 0.5) is 0 Å². The maximum absolute atomic E-state index is 4.65. The second-order valence-electron chi connectivity index (χ2n) is 5.36. The van der Waals surface area contributed by atoms with Gasteiger partial charge in [0.25, 0.3) is 0 Å². The monoisotopic (exact) mass is 236 g/mol. The summed E-state index contributed by atoms with van der Waals surface area (Å²) < 4.78 is 2.26. The number of rotatable bonds is 3. The van der Waals surface area contributed by atoms with Crippen molar-refractivity contribution in [2.45, 2.75) is 33.4 Å². The van der Waals surface area contributed by atoms with Gasteiger partial charge in [-0.05, 0) is 27.8 Å². The highest BCUT2D eigenvalue weighted by atomic mass is 15.3. The minimum Gasteiger partial charge on any atom is -0.332 e. The number of likely N-dealkylation sites (N-methyl/N-ethyl adjacent to an activating group) is 1. The van der Waals surface area contributed by atoms with Gasteiger partial charge in [-0.2, -0.15) is 0 Å². The van der Waals surface area contributed by atoms with E-state index in [-0.39, 0.29) is 0 Å². The first kappa shape index (κ1) is 12.6. The van der Waals surface area contributed by atoms with E-state index in [2.05, 4.69) is 53.4 Å². The molecule has 1 aliphatic heterocycles. The molecule has 0 amide bonds. The minimum absolute atomic E-state index is 0.503. The van der Waals surface area contributed by atoms with Crippen molar-refractivity contribution in [3.63, 3.8) is 0 Å². The van der Waals surface area contributed by atoms with Crippen molar-refractivity contribution in [3.05, 3.63) is 17.7 Å². The van der Waals surface area contributed by atoms with Crippen LogP contribution < -0.4 is 0 Å². The largest absolute Gasteiger partial charge is 0.332 e. The van der Waals surface area contributed by atoms with Crippen molar-refractivity contribution in [3.8, 4) is 0 Å². The van der Waals surface area contributed by atoms with Crippen LogP contribution in [0.25, 0.3) is 0 Å². The van der Waals surface area contributed by atoms with Crippen LogP contribution in [0.2, 0.25) is 0 Å². The normalized spacial score (nSPS) is 19.1. The van der Waals surface area contributed by atoms with Crippen LogP contribution >= 0.6 is 0 Å². The molecule has 2 heterocycles. The van der Waals surface area contributed by atoms with Crippen LogP contribution in [0.1, 0.15) is 31.4 Å². The fraction of sp³-hybridized carbons (Fsp3) is 0.769. The lowest BCUT2D eigenvalue weighted by Gasteiger charge is -2.31. The number of hydrogen-bond donors (Lipinski definition) is 0. The number of imidazole rings is 1. The van der Waals surface area contributed by atoms with E-state index < -0.39 is 0 Å². The average molecular weight is 236 g/mol. The van der Waals surface area contributed by atoms with Gasteiger partial charge in [-0.1, -0.05) is 0 Å². The smallest absolute Gasteiger partial charge is 0.106 e. The molecule has 0 aromatic carbocycles. The molecule has 1 aromatic heterocycles. The zero-order valence-corrected chi connectivity index (χ0v) is 11.5. The zero-order valence-electron chi connectivity index (χ0n) is 11.5. The van der Waals surface area contributed by atoms with E-state index >= 15 is 0 Å². The number of aryl methyl sites for hydroxylation is 1. The summed E-state index contributed by atoms with van der Waals surface area (Å²) in [4.78, 5) is 9.53. The lowest BCUT2D eigenvalue weighted by molar-refractivity contribution is 0.147. The third kappa shape index (κ3) is 3.07. The van der Waals surface area contributed by atoms with E-state index in [1.54, 1.807) is 0 Å². The highest BCUT2D eigenvalue weighted by Gasteiger charge is 2.15. The Labute approximate surface area is 104 Å². The molecule has 17 heavy (non-hydrogen) atoms. The van der Waals surface area contributed by atoms with Crippen LogP contribution in [0.15, 0.2) is 6.20 Å². The van der Waals surface area contributed by atoms with Crippen LogP contribution in [0, 0.1) is 6.92 Å². The molecule has 0 unspecified atom stereocenters. The highest BCUT2D eigenvalue weighted by molar-refractivity contribution is 5.04. The number of nitrogens with zero attached hydrogens (tertiary/aromatic N) is 4. The zero-order chi connectivity index (χ0) is 12.4. The Morgan fingerprint density at radius 2 is 1.88 bits per heavy atom. The number of aromatic nitrogens is 2. The first-order valence-corrected chi connectivity index (χ1v) is 6.51. The number of piperazine rings is 1. The summed E-state index contributed by atoms with van der Waals surface area (Å²) in [5, 5.41) is 0. The molecule has 0 spiro atoms. The first-order chi connectivity index (χ1) is 8.06. The predicted octanol–water partition coefficient (Wildman–Crippen LogP) is 1.52. The quantitative estimate of drug-likeness (QED) is 0.795. The van der Waals surface area contributed by atoms with E-state index in [1.165, 1.54) is 18.8 Å². The van der Waals surface area contributed by atoms with Gasteiger partial charge in [-0.15, -0.1) is 0 Å². The summed E-state index contributed by atoms with van der Waals surface area (Å²) in [6, 6.07) is 0.503. The molecule has 2 rings (SSSR count). The topological polar surface area (TPSA) is 24.3 Å². The van der Waals surface area contributed by atoms with Gasteiger partial charge in [-0.3, -0.25) is 4.90 Å². The van der Waals surface area contributed by atoms with Crippen molar-refractivity contribution >= 4 is 0 Å². The Balaban J connectivity index is 1.97. The molecule has 1 fully saturated rings. The van der Waals surface area contributed by atoms with Crippen molar-refractivity contribution < 1.29 is 0 Å². The lowest BCUT2D eigenvalue weighted by atomic mass is 10.3. The fourth-order valence-electron chi connectivity index (χ4n) is 2.38. The molecule has 96 valence electrons. The van der Waals surface area contributed by atoms with Gasteiger partial charge in [0.05, 0.1) is 5.69 Å². The van der Waals surface area contributed by atoms with E-state index in [9.17, 15) is 0 Å². The molecule has 4 nitrogen and oxygen atoms in total. The van der Waals surface area contributed by atoms with Crippen LogP contribution in [-0.4, -0.2) is 52.6 Å². The van der Waals surface area contributed by atoms with E-state index in [0.29, 0.717) is 6.04 Å². The molecule has 1 aromatic rings.